The van der Waals surface area contributed by atoms with Crippen LogP contribution in [0.3, 0.4) is 0 Å². The quantitative estimate of drug-likeness (QED) is 0.847. The zero-order chi connectivity index (χ0) is 12.1. The minimum Gasteiger partial charge on any atom is -0.390 e. The molecule has 1 atom stereocenters. The molecule has 0 aliphatic heterocycles. The van der Waals surface area contributed by atoms with Gasteiger partial charge in [0, 0.05) is 13.0 Å². The van der Waals surface area contributed by atoms with E-state index in [2.05, 4.69) is 10.1 Å². The Kier molecular flexibility index (Phi) is 4.50. The Labute approximate surface area is 101 Å². The number of aliphatic hydroxyl groups excluding tert-OH is 1. The molecule has 1 saturated carbocycles. The average molecular weight is 240 g/mol. The number of hydrogen-bond acceptors (Lipinski definition) is 5. The first-order chi connectivity index (χ1) is 8.29. The van der Waals surface area contributed by atoms with Crippen LogP contribution < -0.4 is 0 Å². The van der Waals surface area contributed by atoms with Crippen LogP contribution in [0.5, 0.6) is 0 Å². The van der Waals surface area contributed by atoms with E-state index >= 15 is 0 Å². The zero-order valence-corrected chi connectivity index (χ0v) is 10.3. The predicted octanol–water partition coefficient (Wildman–Crippen LogP) is 1.67. The molecule has 1 fully saturated rings. The largest absolute Gasteiger partial charge is 0.390 e. The third-order valence-electron chi connectivity index (χ3n) is 3.22. The Bertz CT molecular complexity index is 334. The van der Waals surface area contributed by atoms with Crippen LogP contribution in [0.25, 0.3) is 0 Å². The average Bonchev–Trinajstić information content (AvgIpc) is 2.79. The first kappa shape index (κ1) is 12.5. The van der Waals surface area contributed by atoms with Gasteiger partial charge >= 0.3 is 0 Å². The summed E-state index contributed by atoms with van der Waals surface area (Å²) in [6.45, 7) is 0.293. The maximum atomic E-state index is 9.57. The fourth-order valence-corrected chi connectivity index (χ4v) is 2.33. The van der Waals surface area contributed by atoms with Crippen molar-refractivity contribution in [3.63, 3.8) is 0 Å². The van der Waals surface area contributed by atoms with Gasteiger partial charge in [0.05, 0.1) is 19.1 Å². The number of ether oxygens (including phenoxy) is 1. The Hall–Kier alpha value is -0.940. The van der Waals surface area contributed by atoms with Crippen molar-refractivity contribution < 1.29 is 14.4 Å². The van der Waals surface area contributed by atoms with Gasteiger partial charge in [0.15, 0.2) is 5.82 Å². The molecule has 0 radical (unpaired) electrons. The summed E-state index contributed by atoms with van der Waals surface area (Å²) in [5.74, 6) is 1.76. The number of aromatic nitrogens is 2. The second-order valence-corrected chi connectivity index (χ2v) is 4.69. The molecule has 1 aliphatic carbocycles. The Balaban J connectivity index is 1.90. The molecule has 2 rings (SSSR count). The standard InChI is InChI=1S/C12H20N2O3/c1-16-8-10(15)7-11-13-12(14-17-11)9-5-3-2-4-6-9/h9-10,15H,2-8H2,1H3. The van der Waals surface area contributed by atoms with Gasteiger partial charge in [0.25, 0.3) is 0 Å². The van der Waals surface area contributed by atoms with E-state index in [9.17, 15) is 5.11 Å². The summed E-state index contributed by atoms with van der Waals surface area (Å²) in [6, 6.07) is 0. The third kappa shape index (κ3) is 3.51. The van der Waals surface area contributed by atoms with Crippen molar-refractivity contribution in [1.82, 2.24) is 10.1 Å². The summed E-state index contributed by atoms with van der Waals surface area (Å²) in [5.41, 5.74) is 0. The molecule has 0 spiro atoms. The SMILES string of the molecule is COCC(O)Cc1nc(C2CCCCC2)no1. The van der Waals surface area contributed by atoms with Gasteiger partial charge in [-0.1, -0.05) is 24.4 Å². The fourth-order valence-electron chi connectivity index (χ4n) is 2.33. The highest BCUT2D eigenvalue weighted by atomic mass is 16.5. The van der Waals surface area contributed by atoms with Crippen molar-refractivity contribution in [3.8, 4) is 0 Å². The summed E-state index contributed by atoms with van der Waals surface area (Å²) in [5, 5.41) is 13.6. The molecule has 5 nitrogen and oxygen atoms in total. The summed E-state index contributed by atoms with van der Waals surface area (Å²) < 4.78 is 10.0. The highest BCUT2D eigenvalue weighted by Crippen LogP contribution is 2.30. The molecule has 0 aromatic carbocycles. The van der Waals surface area contributed by atoms with E-state index in [1.807, 2.05) is 0 Å². The highest BCUT2D eigenvalue weighted by molar-refractivity contribution is 4.97. The number of hydrogen-bond donors (Lipinski definition) is 1. The molecule has 1 heterocycles. The number of aliphatic hydroxyl groups is 1. The zero-order valence-electron chi connectivity index (χ0n) is 10.3. The fraction of sp³-hybridized carbons (Fsp3) is 0.833. The first-order valence-corrected chi connectivity index (χ1v) is 6.29. The van der Waals surface area contributed by atoms with Crippen LogP contribution in [0, 0.1) is 0 Å². The molecule has 96 valence electrons. The van der Waals surface area contributed by atoms with E-state index in [-0.39, 0.29) is 0 Å². The summed E-state index contributed by atoms with van der Waals surface area (Å²) in [6.07, 6.45) is 5.92. The van der Waals surface area contributed by atoms with Crippen LogP contribution in [-0.4, -0.2) is 35.1 Å². The van der Waals surface area contributed by atoms with Gasteiger partial charge in [-0.05, 0) is 12.8 Å². The van der Waals surface area contributed by atoms with Gasteiger partial charge < -0.3 is 14.4 Å². The summed E-state index contributed by atoms with van der Waals surface area (Å²) in [7, 11) is 1.56. The van der Waals surface area contributed by atoms with Gasteiger partial charge in [0.1, 0.15) is 0 Å². The van der Waals surface area contributed by atoms with E-state index in [1.165, 1.54) is 19.3 Å². The monoisotopic (exact) mass is 240 g/mol. The number of rotatable bonds is 5. The lowest BCUT2D eigenvalue weighted by Gasteiger charge is -2.17. The molecule has 1 aromatic heterocycles. The Morgan fingerprint density at radius 3 is 2.88 bits per heavy atom. The van der Waals surface area contributed by atoms with Crippen LogP contribution in [0.4, 0.5) is 0 Å². The Morgan fingerprint density at radius 1 is 1.41 bits per heavy atom. The third-order valence-corrected chi connectivity index (χ3v) is 3.22. The molecule has 17 heavy (non-hydrogen) atoms. The molecule has 0 bridgehead atoms. The van der Waals surface area contributed by atoms with Gasteiger partial charge in [-0.2, -0.15) is 4.98 Å². The minimum atomic E-state index is -0.570. The lowest BCUT2D eigenvalue weighted by molar-refractivity contribution is 0.0599. The maximum Gasteiger partial charge on any atom is 0.229 e. The normalized spacial score (nSPS) is 19.4. The smallest absolute Gasteiger partial charge is 0.229 e. The van der Waals surface area contributed by atoms with E-state index in [0.29, 0.717) is 24.8 Å². The minimum absolute atomic E-state index is 0.293. The number of nitrogens with zero attached hydrogens (tertiary/aromatic N) is 2. The van der Waals surface area contributed by atoms with E-state index in [0.717, 1.165) is 18.7 Å². The van der Waals surface area contributed by atoms with Crippen molar-refractivity contribution in [2.75, 3.05) is 13.7 Å². The molecular formula is C12H20N2O3. The van der Waals surface area contributed by atoms with Gasteiger partial charge in [-0.25, -0.2) is 0 Å². The Morgan fingerprint density at radius 2 is 2.18 bits per heavy atom. The van der Waals surface area contributed by atoms with Gasteiger partial charge in [0.2, 0.25) is 5.89 Å². The summed E-state index contributed by atoms with van der Waals surface area (Å²) in [4.78, 5) is 4.36. The highest BCUT2D eigenvalue weighted by Gasteiger charge is 2.21. The van der Waals surface area contributed by atoms with Crippen molar-refractivity contribution in [2.45, 2.75) is 50.5 Å². The van der Waals surface area contributed by atoms with Crippen molar-refractivity contribution in [2.24, 2.45) is 0 Å². The second kappa shape index (κ2) is 6.12. The molecule has 1 N–H and O–H groups in total. The van der Waals surface area contributed by atoms with Crippen molar-refractivity contribution in [1.29, 1.82) is 0 Å². The van der Waals surface area contributed by atoms with Crippen LogP contribution >= 0.6 is 0 Å². The first-order valence-electron chi connectivity index (χ1n) is 6.29. The van der Waals surface area contributed by atoms with Gasteiger partial charge in [-0.15, -0.1) is 0 Å². The molecule has 0 saturated heterocycles. The van der Waals surface area contributed by atoms with Crippen LogP contribution in [0.15, 0.2) is 4.52 Å². The molecule has 5 heteroatoms. The lowest BCUT2D eigenvalue weighted by atomic mass is 9.89. The predicted molar refractivity (Wildman–Crippen MR) is 61.7 cm³/mol. The maximum absolute atomic E-state index is 9.57. The van der Waals surface area contributed by atoms with Crippen molar-refractivity contribution >= 4 is 0 Å². The molecule has 1 aromatic rings. The second-order valence-electron chi connectivity index (χ2n) is 4.69. The molecule has 0 amide bonds. The number of methoxy groups -OCH3 is 1. The topological polar surface area (TPSA) is 68.4 Å². The summed E-state index contributed by atoms with van der Waals surface area (Å²) >= 11 is 0. The van der Waals surface area contributed by atoms with E-state index in [1.54, 1.807) is 7.11 Å². The van der Waals surface area contributed by atoms with Crippen LogP contribution in [0.2, 0.25) is 0 Å². The van der Waals surface area contributed by atoms with Crippen LogP contribution in [-0.2, 0) is 11.2 Å². The van der Waals surface area contributed by atoms with Crippen LogP contribution in [0.1, 0.15) is 49.7 Å². The molecule has 1 aliphatic rings. The van der Waals surface area contributed by atoms with Gasteiger partial charge in [-0.3, -0.25) is 0 Å². The van der Waals surface area contributed by atoms with Crippen molar-refractivity contribution in [3.05, 3.63) is 11.7 Å². The molecule has 1 unspecified atom stereocenters. The van der Waals surface area contributed by atoms with E-state index < -0.39 is 6.10 Å². The van der Waals surface area contributed by atoms with E-state index in [4.69, 9.17) is 9.26 Å². The molecular weight excluding hydrogens is 220 g/mol. The lowest BCUT2D eigenvalue weighted by Crippen LogP contribution is -2.17.